The number of aldehydes is 1. The Hall–Kier alpha value is -1.12. The van der Waals surface area contributed by atoms with E-state index in [0.29, 0.717) is 12.5 Å². The van der Waals surface area contributed by atoms with Gasteiger partial charge in [-0.25, -0.2) is 0 Å². The van der Waals surface area contributed by atoms with Crippen LogP contribution in [0.5, 0.6) is 0 Å². The summed E-state index contributed by atoms with van der Waals surface area (Å²) in [6.45, 7) is 4.68. The Balaban J connectivity index is 2.43. The fraction of sp³-hybridized carbons (Fsp3) is 0.636. The monoisotopic (exact) mass is 192 g/mol. The maximum absolute atomic E-state index is 10.5. The Morgan fingerprint density at radius 2 is 2.43 bits per heavy atom. The van der Waals surface area contributed by atoms with Crippen LogP contribution in [0, 0.1) is 6.92 Å². The molecule has 1 atom stereocenters. The molecule has 1 aromatic heterocycles. The largest absolute Gasteiger partial charge is 0.301 e. The number of aromatic nitrogens is 2. The predicted molar refractivity (Wildman–Crippen MR) is 54.4 cm³/mol. The van der Waals surface area contributed by atoms with Gasteiger partial charge in [-0.2, -0.15) is 5.10 Å². The van der Waals surface area contributed by atoms with Crippen LogP contribution in [-0.4, -0.2) is 16.1 Å². The number of fused-ring (bicyclic) bond motifs is 1. The second kappa shape index (κ2) is 3.56. The van der Waals surface area contributed by atoms with E-state index in [9.17, 15) is 4.79 Å². The van der Waals surface area contributed by atoms with Crippen LogP contribution in [0.2, 0.25) is 0 Å². The molecule has 0 aromatic carbocycles. The van der Waals surface area contributed by atoms with Crippen molar-refractivity contribution < 1.29 is 4.79 Å². The minimum atomic E-state index is 0.394. The highest BCUT2D eigenvalue weighted by Gasteiger charge is 2.22. The van der Waals surface area contributed by atoms with Crippen molar-refractivity contribution in [3.8, 4) is 0 Å². The van der Waals surface area contributed by atoms with Crippen LogP contribution in [0.4, 0.5) is 0 Å². The summed E-state index contributed by atoms with van der Waals surface area (Å²) in [5.74, 6) is 0.561. The van der Waals surface area contributed by atoms with E-state index in [0.717, 1.165) is 12.7 Å². The third-order valence-electron chi connectivity index (χ3n) is 3.14. The van der Waals surface area contributed by atoms with E-state index >= 15 is 0 Å². The van der Waals surface area contributed by atoms with Gasteiger partial charge in [0.1, 0.15) is 6.29 Å². The Bertz CT molecular complexity index is 354. The topological polar surface area (TPSA) is 34.9 Å². The molecular formula is C11H16N2O. The van der Waals surface area contributed by atoms with E-state index in [1.807, 2.05) is 4.68 Å². The number of hydrogen-bond acceptors (Lipinski definition) is 2. The molecule has 1 heterocycles. The number of hydrogen-bond donors (Lipinski definition) is 0. The molecule has 1 aliphatic rings. The Labute approximate surface area is 84.1 Å². The van der Waals surface area contributed by atoms with Crippen molar-refractivity contribution in [2.75, 3.05) is 0 Å². The SMILES string of the molecule is Cc1c2c(nn1CC=O)[C@@H](C)CCC2. The molecule has 0 bridgehead atoms. The van der Waals surface area contributed by atoms with E-state index < -0.39 is 0 Å². The highest BCUT2D eigenvalue weighted by molar-refractivity contribution is 5.49. The number of nitrogens with zero attached hydrogens (tertiary/aromatic N) is 2. The molecule has 0 saturated carbocycles. The lowest BCUT2D eigenvalue weighted by Gasteiger charge is -2.16. The fourth-order valence-electron chi connectivity index (χ4n) is 2.28. The van der Waals surface area contributed by atoms with Crippen LogP contribution in [0.1, 0.15) is 42.6 Å². The van der Waals surface area contributed by atoms with Crippen LogP contribution in [-0.2, 0) is 17.8 Å². The van der Waals surface area contributed by atoms with Gasteiger partial charge in [-0.1, -0.05) is 6.92 Å². The van der Waals surface area contributed by atoms with Crippen LogP contribution >= 0.6 is 0 Å². The van der Waals surface area contributed by atoms with Crippen molar-refractivity contribution in [1.82, 2.24) is 9.78 Å². The Morgan fingerprint density at radius 3 is 3.07 bits per heavy atom. The molecule has 76 valence electrons. The number of carbonyl (C=O) groups is 1. The molecule has 0 spiro atoms. The highest BCUT2D eigenvalue weighted by atomic mass is 16.1. The zero-order valence-corrected chi connectivity index (χ0v) is 8.79. The minimum absolute atomic E-state index is 0.394. The summed E-state index contributed by atoms with van der Waals surface area (Å²) in [4.78, 5) is 10.5. The molecule has 2 rings (SSSR count). The van der Waals surface area contributed by atoms with Gasteiger partial charge in [-0.15, -0.1) is 0 Å². The van der Waals surface area contributed by atoms with E-state index in [4.69, 9.17) is 0 Å². The summed E-state index contributed by atoms with van der Waals surface area (Å²) >= 11 is 0. The zero-order chi connectivity index (χ0) is 10.1. The summed E-state index contributed by atoms with van der Waals surface area (Å²) in [5, 5.41) is 4.51. The van der Waals surface area contributed by atoms with E-state index in [-0.39, 0.29) is 0 Å². The normalized spacial score (nSPS) is 20.6. The first kappa shape index (κ1) is 9.44. The molecule has 3 heteroatoms. The van der Waals surface area contributed by atoms with E-state index in [1.54, 1.807) is 0 Å². The first-order valence-electron chi connectivity index (χ1n) is 5.24. The van der Waals surface area contributed by atoms with Crippen LogP contribution in [0.15, 0.2) is 0 Å². The quantitative estimate of drug-likeness (QED) is 0.670. The molecule has 0 unspecified atom stereocenters. The van der Waals surface area contributed by atoms with Crippen LogP contribution in [0.3, 0.4) is 0 Å². The van der Waals surface area contributed by atoms with E-state index in [2.05, 4.69) is 18.9 Å². The minimum Gasteiger partial charge on any atom is -0.301 e. The van der Waals surface area contributed by atoms with Crippen molar-refractivity contribution in [1.29, 1.82) is 0 Å². The molecular weight excluding hydrogens is 176 g/mol. The molecule has 0 N–H and O–H groups in total. The van der Waals surface area contributed by atoms with Crippen molar-refractivity contribution in [3.05, 3.63) is 17.0 Å². The Morgan fingerprint density at radius 1 is 1.64 bits per heavy atom. The third-order valence-corrected chi connectivity index (χ3v) is 3.14. The van der Waals surface area contributed by atoms with Crippen molar-refractivity contribution in [2.24, 2.45) is 0 Å². The van der Waals surface area contributed by atoms with Gasteiger partial charge in [0.05, 0.1) is 12.2 Å². The van der Waals surface area contributed by atoms with Gasteiger partial charge in [-0.05, 0) is 31.7 Å². The summed E-state index contributed by atoms with van der Waals surface area (Å²) < 4.78 is 1.83. The number of carbonyl (C=O) groups excluding carboxylic acids is 1. The zero-order valence-electron chi connectivity index (χ0n) is 8.79. The van der Waals surface area contributed by atoms with E-state index in [1.165, 1.54) is 29.8 Å². The van der Waals surface area contributed by atoms with Gasteiger partial charge >= 0.3 is 0 Å². The average molecular weight is 192 g/mol. The Kier molecular flexibility index (Phi) is 2.40. The average Bonchev–Trinajstić information content (AvgIpc) is 2.48. The molecule has 0 aliphatic heterocycles. The van der Waals surface area contributed by atoms with Gasteiger partial charge in [0.15, 0.2) is 0 Å². The third kappa shape index (κ3) is 1.37. The smallest absolute Gasteiger partial charge is 0.141 e. The summed E-state index contributed by atoms with van der Waals surface area (Å²) in [6.07, 6.45) is 4.52. The van der Waals surface area contributed by atoms with Crippen molar-refractivity contribution in [3.63, 3.8) is 0 Å². The lowest BCUT2D eigenvalue weighted by atomic mass is 9.88. The first-order valence-corrected chi connectivity index (χ1v) is 5.24. The van der Waals surface area contributed by atoms with Gasteiger partial charge < -0.3 is 4.79 Å². The van der Waals surface area contributed by atoms with Gasteiger partial charge in [-0.3, -0.25) is 4.68 Å². The van der Waals surface area contributed by atoms with Gasteiger partial charge in [0.2, 0.25) is 0 Å². The first-order chi connectivity index (χ1) is 6.74. The van der Waals surface area contributed by atoms with Crippen molar-refractivity contribution >= 4 is 6.29 Å². The standard InChI is InChI=1S/C11H16N2O/c1-8-4-3-5-10-9(2)13(6-7-14)12-11(8)10/h7-8H,3-6H2,1-2H3/t8-/m0/s1. The summed E-state index contributed by atoms with van der Waals surface area (Å²) in [7, 11) is 0. The highest BCUT2D eigenvalue weighted by Crippen LogP contribution is 2.31. The maximum atomic E-state index is 10.5. The molecule has 14 heavy (non-hydrogen) atoms. The lowest BCUT2D eigenvalue weighted by molar-refractivity contribution is -0.108. The molecule has 0 amide bonds. The van der Waals surface area contributed by atoms with Crippen molar-refractivity contribution in [2.45, 2.75) is 45.6 Å². The van der Waals surface area contributed by atoms with Gasteiger partial charge in [0.25, 0.3) is 0 Å². The second-order valence-electron chi connectivity index (χ2n) is 4.09. The maximum Gasteiger partial charge on any atom is 0.141 e. The van der Waals surface area contributed by atoms with Gasteiger partial charge in [0, 0.05) is 11.6 Å². The lowest BCUT2D eigenvalue weighted by Crippen LogP contribution is -2.06. The molecule has 0 radical (unpaired) electrons. The summed E-state index contributed by atoms with van der Waals surface area (Å²) in [5.41, 5.74) is 3.78. The molecule has 1 aromatic rings. The second-order valence-corrected chi connectivity index (χ2v) is 4.09. The van der Waals surface area contributed by atoms with Crippen LogP contribution in [0.25, 0.3) is 0 Å². The molecule has 0 fully saturated rings. The molecule has 3 nitrogen and oxygen atoms in total. The summed E-state index contributed by atoms with van der Waals surface area (Å²) in [6, 6.07) is 0. The molecule has 1 aliphatic carbocycles. The fourth-order valence-corrected chi connectivity index (χ4v) is 2.28. The predicted octanol–water partition coefficient (Wildman–Crippen LogP) is 1.83. The molecule has 0 saturated heterocycles. The van der Waals surface area contributed by atoms with Crippen LogP contribution < -0.4 is 0 Å². The number of rotatable bonds is 2.